The van der Waals surface area contributed by atoms with Crippen molar-refractivity contribution in [1.29, 1.82) is 0 Å². The topological polar surface area (TPSA) is 76.1 Å². The molecule has 0 saturated carbocycles. The molecule has 0 amide bonds. The van der Waals surface area contributed by atoms with E-state index < -0.39 is 10.4 Å². The largest absolute Gasteiger partial charge is 0.397 e. The van der Waals surface area contributed by atoms with E-state index in [0.717, 1.165) is 52.0 Å². The molecule has 0 aliphatic carbocycles. The third kappa shape index (κ3) is 42.0. The number of rotatable bonds is 32. The summed E-state index contributed by atoms with van der Waals surface area (Å²) in [6.45, 7) is 13.3. The fourth-order valence-corrected chi connectivity index (χ4v) is 5.14. The Morgan fingerprint density at radius 1 is 0.439 bits per heavy atom. The molecule has 0 bridgehead atoms. The normalized spacial score (nSPS) is 11.7. The van der Waals surface area contributed by atoms with Crippen LogP contribution in [0, 0.1) is 0 Å². The molecule has 0 unspecified atom stereocenters. The SMILES string of the molecule is CCCCCCCCCCCCOCCCCCCCCCCCC.CCCCN(CCCC)CCOS(=O)(=O)O. The van der Waals surface area contributed by atoms with E-state index in [1.165, 1.54) is 128 Å². The van der Waals surface area contributed by atoms with Gasteiger partial charge in [0.2, 0.25) is 0 Å². The summed E-state index contributed by atoms with van der Waals surface area (Å²) in [7, 11) is -4.29. The molecule has 0 aromatic carbocycles. The van der Waals surface area contributed by atoms with Crippen molar-refractivity contribution in [1.82, 2.24) is 4.90 Å². The Hall–Kier alpha value is -0.210. The Bertz CT molecular complexity index is 543. The third-order valence-electron chi connectivity index (χ3n) is 7.58. The first-order valence-electron chi connectivity index (χ1n) is 17.8. The van der Waals surface area contributed by atoms with Crippen LogP contribution in [-0.2, 0) is 19.3 Å². The van der Waals surface area contributed by atoms with Crippen molar-refractivity contribution in [3.8, 4) is 0 Å². The van der Waals surface area contributed by atoms with Gasteiger partial charge in [0.15, 0.2) is 0 Å². The van der Waals surface area contributed by atoms with Crippen molar-refractivity contribution in [3.63, 3.8) is 0 Å². The Morgan fingerprint density at radius 2 is 0.756 bits per heavy atom. The van der Waals surface area contributed by atoms with E-state index >= 15 is 0 Å². The average molecular weight is 608 g/mol. The van der Waals surface area contributed by atoms with E-state index in [-0.39, 0.29) is 6.61 Å². The maximum Gasteiger partial charge on any atom is 0.397 e. The van der Waals surface area contributed by atoms with Crippen LogP contribution in [-0.4, -0.2) is 57.3 Å². The maximum absolute atomic E-state index is 10.4. The zero-order valence-electron chi connectivity index (χ0n) is 28.1. The minimum absolute atomic E-state index is 0.0201. The summed E-state index contributed by atoms with van der Waals surface area (Å²) in [4.78, 5) is 2.16. The minimum Gasteiger partial charge on any atom is -0.381 e. The molecule has 0 aromatic rings. The highest BCUT2D eigenvalue weighted by Crippen LogP contribution is 2.12. The first-order valence-corrected chi connectivity index (χ1v) is 19.2. The van der Waals surface area contributed by atoms with Crippen LogP contribution in [0.25, 0.3) is 0 Å². The molecule has 0 aromatic heterocycles. The zero-order valence-corrected chi connectivity index (χ0v) is 29.0. The van der Waals surface area contributed by atoms with E-state index in [4.69, 9.17) is 9.29 Å². The monoisotopic (exact) mass is 608 g/mol. The Labute approximate surface area is 258 Å². The van der Waals surface area contributed by atoms with Gasteiger partial charge >= 0.3 is 10.4 Å². The number of unbranched alkanes of at least 4 members (excludes halogenated alkanes) is 20. The van der Waals surface area contributed by atoms with E-state index in [1.54, 1.807) is 0 Å². The first-order chi connectivity index (χ1) is 19.9. The van der Waals surface area contributed by atoms with Gasteiger partial charge in [0, 0.05) is 19.8 Å². The fourth-order valence-electron chi connectivity index (χ4n) is 4.86. The van der Waals surface area contributed by atoms with Crippen molar-refractivity contribution in [2.45, 2.75) is 182 Å². The summed E-state index contributed by atoms with van der Waals surface area (Å²) < 4.78 is 39.2. The summed E-state index contributed by atoms with van der Waals surface area (Å²) in [5.74, 6) is 0. The second-order valence-electron chi connectivity index (χ2n) is 11.8. The van der Waals surface area contributed by atoms with Gasteiger partial charge in [-0.25, -0.2) is 4.18 Å². The van der Waals surface area contributed by atoms with Gasteiger partial charge in [-0.3, -0.25) is 4.55 Å². The van der Waals surface area contributed by atoms with Gasteiger partial charge in [0.1, 0.15) is 0 Å². The lowest BCUT2D eigenvalue weighted by atomic mass is 10.1. The van der Waals surface area contributed by atoms with Crippen LogP contribution in [0.1, 0.15) is 182 Å². The molecule has 7 heteroatoms. The lowest BCUT2D eigenvalue weighted by Crippen LogP contribution is -2.30. The molecule has 0 spiro atoms. The highest BCUT2D eigenvalue weighted by Gasteiger charge is 2.08. The lowest BCUT2D eigenvalue weighted by Gasteiger charge is -2.21. The van der Waals surface area contributed by atoms with E-state index in [9.17, 15) is 8.42 Å². The second-order valence-corrected chi connectivity index (χ2v) is 12.9. The third-order valence-corrected chi connectivity index (χ3v) is 8.04. The second kappa shape index (κ2) is 36.0. The maximum atomic E-state index is 10.4. The smallest absolute Gasteiger partial charge is 0.381 e. The molecule has 41 heavy (non-hydrogen) atoms. The fraction of sp³-hybridized carbons (Fsp3) is 1.00. The van der Waals surface area contributed by atoms with Crippen molar-refractivity contribution < 1.29 is 21.9 Å². The van der Waals surface area contributed by atoms with Crippen molar-refractivity contribution in [2.75, 3.05) is 39.5 Å². The van der Waals surface area contributed by atoms with Crippen LogP contribution in [0.5, 0.6) is 0 Å². The number of nitrogens with zero attached hydrogens (tertiary/aromatic N) is 1. The molecule has 0 heterocycles. The van der Waals surface area contributed by atoms with Gasteiger partial charge < -0.3 is 9.64 Å². The molecule has 0 radical (unpaired) electrons. The van der Waals surface area contributed by atoms with Crippen LogP contribution in [0.2, 0.25) is 0 Å². The van der Waals surface area contributed by atoms with Crippen LogP contribution in [0.15, 0.2) is 0 Å². The average Bonchev–Trinajstić information content (AvgIpc) is 2.94. The number of ether oxygens (including phenoxy) is 1. The Kier molecular flexibility index (Phi) is 37.7. The van der Waals surface area contributed by atoms with Gasteiger partial charge in [-0.05, 0) is 38.8 Å². The summed E-state index contributed by atoms with van der Waals surface area (Å²) in [6.07, 6.45) is 32.6. The van der Waals surface area contributed by atoms with Gasteiger partial charge in [0.25, 0.3) is 0 Å². The zero-order chi connectivity index (χ0) is 30.7. The Morgan fingerprint density at radius 3 is 1.07 bits per heavy atom. The summed E-state index contributed by atoms with van der Waals surface area (Å²) in [5, 5.41) is 0. The van der Waals surface area contributed by atoms with Crippen molar-refractivity contribution in [3.05, 3.63) is 0 Å². The van der Waals surface area contributed by atoms with Crippen molar-refractivity contribution in [2.24, 2.45) is 0 Å². The highest BCUT2D eigenvalue weighted by molar-refractivity contribution is 7.80. The van der Waals surface area contributed by atoms with Crippen molar-refractivity contribution >= 4 is 10.4 Å². The molecule has 6 nitrogen and oxygen atoms in total. The van der Waals surface area contributed by atoms with Gasteiger partial charge in [0.05, 0.1) is 6.61 Å². The molecule has 0 atom stereocenters. The molecule has 0 fully saturated rings. The van der Waals surface area contributed by atoms with E-state index in [2.05, 4.69) is 36.8 Å². The van der Waals surface area contributed by atoms with Crippen LogP contribution in [0.4, 0.5) is 0 Å². The summed E-state index contributed by atoms with van der Waals surface area (Å²) >= 11 is 0. The standard InChI is InChI=1S/C24H50O.C10H23NO4S/c1-3-5-7-9-11-13-15-17-19-21-23-25-24-22-20-18-16-14-12-10-8-6-4-2;1-3-5-7-11(8-6-4-2)9-10-15-16(12,13)14/h3-24H2,1-2H3;3-10H2,1-2H3,(H,12,13,14). The van der Waals surface area contributed by atoms with Crippen LogP contribution < -0.4 is 0 Å². The van der Waals surface area contributed by atoms with Gasteiger partial charge in [-0.15, -0.1) is 0 Å². The predicted octanol–water partition coefficient (Wildman–Crippen LogP) is 10.6. The molecule has 0 saturated heterocycles. The number of hydrogen-bond acceptors (Lipinski definition) is 5. The minimum atomic E-state index is -4.29. The highest BCUT2D eigenvalue weighted by atomic mass is 32.3. The molecule has 0 aliphatic rings. The first kappa shape index (κ1) is 42.9. The number of hydrogen-bond donors (Lipinski definition) is 1. The molecule has 250 valence electrons. The lowest BCUT2D eigenvalue weighted by molar-refractivity contribution is 0.125. The molecular weight excluding hydrogens is 534 g/mol. The van der Waals surface area contributed by atoms with Crippen LogP contribution >= 0.6 is 0 Å². The van der Waals surface area contributed by atoms with E-state index in [0.29, 0.717) is 6.54 Å². The predicted molar refractivity (Wildman–Crippen MR) is 178 cm³/mol. The van der Waals surface area contributed by atoms with Gasteiger partial charge in [-0.1, -0.05) is 156 Å². The molecule has 1 N–H and O–H groups in total. The summed E-state index contributed by atoms with van der Waals surface area (Å²) in [6, 6.07) is 0. The molecular formula is C34H73NO5S. The molecule has 0 aliphatic heterocycles. The quantitative estimate of drug-likeness (QED) is 0.0605. The van der Waals surface area contributed by atoms with Crippen LogP contribution in [0.3, 0.4) is 0 Å². The Balaban J connectivity index is 0. The van der Waals surface area contributed by atoms with E-state index in [1.807, 2.05) is 0 Å². The van der Waals surface area contributed by atoms with Gasteiger partial charge in [-0.2, -0.15) is 8.42 Å². The summed E-state index contributed by atoms with van der Waals surface area (Å²) in [5.41, 5.74) is 0. The molecule has 0 rings (SSSR count).